The number of rotatable bonds is 2. The highest BCUT2D eigenvalue weighted by Crippen LogP contribution is 2.24. The first-order valence-electron chi connectivity index (χ1n) is 6.29. The Bertz CT molecular complexity index is 841. The lowest BCUT2D eigenvalue weighted by Crippen LogP contribution is -2.11. The van der Waals surface area contributed by atoms with Crippen LogP contribution in [0.2, 0.25) is 5.02 Å². The Labute approximate surface area is 140 Å². The lowest BCUT2D eigenvalue weighted by atomic mass is 10.2. The number of fused-ring (bicyclic) bond motifs is 1. The van der Waals surface area contributed by atoms with Crippen molar-refractivity contribution in [1.82, 2.24) is 0 Å². The number of carbonyl (C=O) groups is 1. The van der Waals surface area contributed by atoms with Crippen molar-refractivity contribution in [1.29, 1.82) is 0 Å². The average molecular weight is 412 g/mol. The minimum absolute atomic E-state index is 0.269. The zero-order valence-electron chi connectivity index (χ0n) is 11.1. The van der Waals surface area contributed by atoms with Crippen molar-refractivity contribution in [2.24, 2.45) is 0 Å². The quantitative estimate of drug-likeness (QED) is 0.585. The summed E-state index contributed by atoms with van der Waals surface area (Å²) in [5.41, 5.74) is 2.43. The van der Waals surface area contributed by atoms with Crippen molar-refractivity contribution in [2.75, 3.05) is 5.32 Å². The molecule has 0 saturated carbocycles. The summed E-state index contributed by atoms with van der Waals surface area (Å²) in [6, 6.07) is 12.8. The second-order valence-corrected chi connectivity index (χ2v) is 6.39. The van der Waals surface area contributed by atoms with Crippen LogP contribution in [0.15, 0.2) is 46.9 Å². The topological polar surface area (TPSA) is 42.2 Å². The number of halogens is 2. The molecule has 0 radical (unpaired) electrons. The van der Waals surface area contributed by atoms with Gasteiger partial charge in [-0.05, 0) is 77.5 Å². The van der Waals surface area contributed by atoms with Gasteiger partial charge in [-0.2, -0.15) is 0 Å². The zero-order chi connectivity index (χ0) is 15.0. The zero-order valence-corrected chi connectivity index (χ0v) is 14.0. The maximum absolute atomic E-state index is 12.3. The maximum Gasteiger partial charge on any atom is 0.291 e. The Balaban J connectivity index is 1.89. The summed E-state index contributed by atoms with van der Waals surface area (Å²) in [6.45, 7) is 1.95. The monoisotopic (exact) mass is 411 g/mol. The van der Waals surface area contributed by atoms with Gasteiger partial charge in [0.15, 0.2) is 5.76 Å². The van der Waals surface area contributed by atoms with Gasteiger partial charge in [-0.25, -0.2) is 0 Å². The fourth-order valence-electron chi connectivity index (χ4n) is 2.08. The lowest BCUT2D eigenvalue weighted by molar-refractivity contribution is 0.0998. The van der Waals surface area contributed by atoms with Gasteiger partial charge in [-0.15, -0.1) is 0 Å². The van der Waals surface area contributed by atoms with E-state index < -0.39 is 0 Å². The Hall–Kier alpha value is -1.53. The minimum Gasteiger partial charge on any atom is -0.451 e. The van der Waals surface area contributed by atoms with E-state index in [0.29, 0.717) is 10.6 Å². The third kappa shape index (κ3) is 3.06. The first kappa shape index (κ1) is 14.4. The van der Waals surface area contributed by atoms with Crippen LogP contribution in [0.1, 0.15) is 16.1 Å². The second kappa shape index (κ2) is 5.69. The molecule has 0 bridgehead atoms. The molecule has 0 aliphatic rings. The highest BCUT2D eigenvalue weighted by Gasteiger charge is 2.13. The van der Waals surface area contributed by atoms with Crippen molar-refractivity contribution < 1.29 is 9.21 Å². The van der Waals surface area contributed by atoms with E-state index in [1.54, 1.807) is 24.3 Å². The molecule has 1 amide bonds. The molecule has 0 saturated heterocycles. The fourth-order valence-corrected chi connectivity index (χ4v) is 2.90. The molecule has 0 fully saturated rings. The van der Waals surface area contributed by atoms with Crippen LogP contribution in [-0.4, -0.2) is 5.91 Å². The van der Waals surface area contributed by atoms with Gasteiger partial charge >= 0.3 is 0 Å². The van der Waals surface area contributed by atoms with Gasteiger partial charge < -0.3 is 9.73 Å². The first-order valence-corrected chi connectivity index (χ1v) is 7.75. The van der Waals surface area contributed by atoms with Gasteiger partial charge in [0.1, 0.15) is 5.58 Å². The molecule has 0 aliphatic heterocycles. The highest BCUT2D eigenvalue weighted by atomic mass is 127. The summed E-state index contributed by atoms with van der Waals surface area (Å²) >= 11 is 8.17. The molecule has 0 aliphatic carbocycles. The third-order valence-corrected chi connectivity index (χ3v) is 4.04. The molecule has 3 rings (SSSR count). The number of anilines is 1. The Morgan fingerprint density at radius 3 is 2.76 bits per heavy atom. The number of nitrogens with one attached hydrogen (secondary N) is 1. The van der Waals surface area contributed by atoms with Crippen LogP contribution < -0.4 is 5.32 Å². The predicted molar refractivity (Wildman–Crippen MR) is 93.1 cm³/mol. The molecule has 21 heavy (non-hydrogen) atoms. The standard InChI is InChI=1S/C16H11ClINO2/c1-9-6-12(18)3-4-13(9)19-16(20)15-8-10-7-11(17)2-5-14(10)21-15/h2-8H,1H3,(H,19,20). The number of aryl methyl sites for hydroxylation is 1. The molecule has 2 aromatic carbocycles. The summed E-state index contributed by atoms with van der Waals surface area (Å²) in [6.07, 6.45) is 0. The largest absolute Gasteiger partial charge is 0.451 e. The molecule has 3 aromatic rings. The van der Waals surface area contributed by atoms with Crippen molar-refractivity contribution in [3.8, 4) is 0 Å². The van der Waals surface area contributed by atoms with E-state index in [1.807, 2.05) is 25.1 Å². The molecule has 0 spiro atoms. The van der Waals surface area contributed by atoms with Crippen molar-refractivity contribution in [3.05, 3.63) is 62.4 Å². The van der Waals surface area contributed by atoms with Crippen LogP contribution in [0.5, 0.6) is 0 Å². The maximum atomic E-state index is 12.3. The second-order valence-electron chi connectivity index (χ2n) is 4.71. The summed E-state index contributed by atoms with van der Waals surface area (Å²) in [4.78, 5) is 12.3. The highest BCUT2D eigenvalue weighted by molar-refractivity contribution is 14.1. The van der Waals surface area contributed by atoms with Gasteiger partial charge in [-0.1, -0.05) is 11.6 Å². The van der Waals surface area contributed by atoms with E-state index in [9.17, 15) is 4.79 Å². The van der Waals surface area contributed by atoms with E-state index in [4.69, 9.17) is 16.0 Å². The van der Waals surface area contributed by atoms with Crippen molar-refractivity contribution >= 4 is 56.8 Å². The van der Waals surface area contributed by atoms with E-state index in [0.717, 1.165) is 20.2 Å². The molecule has 0 unspecified atom stereocenters. The van der Waals surface area contributed by atoms with Gasteiger partial charge in [0.25, 0.3) is 5.91 Å². The molecule has 5 heteroatoms. The predicted octanol–water partition coefficient (Wildman–Crippen LogP) is 5.25. The molecule has 1 N–H and O–H groups in total. The summed E-state index contributed by atoms with van der Waals surface area (Å²) in [5, 5.41) is 4.29. The smallest absolute Gasteiger partial charge is 0.291 e. The molecular weight excluding hydrogens is 401 g/mol. The van der Waals surface area contributed by atoms with E-state index in [1.165, 1.54) is 0 Å². The minimum atomic E-state index is -0.272. The van der Waals surface area contributed by atoms with E-state index in [2.05, 4.69) is 27.9 Å². The summed E-state index contributed by atoms with van der Waals surface area (Å²) in [7, 11) is 0. The van der Waals surface area contributed by atoms with E-state index >= 15 is 0 Å². The van der Waals surface area contributed by atoms with Crippen LogP contribution in [0.3, 0.4) is 0 Å². The number of benzene rings is 2. The molecule has 3 nitrogen and oxygen atoms in total. The average Bonchev–Trinajstić information content (AvgIpc) is 2.85. The molecule has 106 valence electrons. The van der Waals surface area contributed by atoms with Gasteiger partial charge in [-0.3, -0.25) is 4.79 Å². The third-order valence-electron chi connectivity index (χ3n) is 3.14. The van der Waals surface area contributed by atoms with Gasteiger partial charge in [0, 0.05) is 19.7 Å². The molecule has 1 heterocycles. The summed E-state index contributed by atoms with van der Waals surface area (Å²) < 4.78 is 6.67. The Morgan fingerprint density at radius 2 is 2.00 bits per heavy atom. The van der Waals surface area contributed by atoms with E-state index in [-0.39, 0.29) is 11.7 Å². The number of carbonyl (C=O) groups excluding carboxylic acids is 1. The number of amides is 1. The van der Waals surface area contributed by atoms with Gasteiger partial charge in [0.2, 0.25) is 0 Å². The number of hydrogen-bond donors (Lipinski definition) is 1. The van der Waals surface area contributed by atoms with Crippen LogP contribution in [-0.2, 0) is 0 Å². The van der Waals surface area contributed by atoms with Gasteiger partial charge in [0.05, 0.1) is 0 Å². The Morgan fingerprint density at radius 1 is 1.19 bits per heavy atom. The lowest BCUT2D eigenvalue weighted by Gasteiger charge is -2.07. The van der Waals surface area contributed by atoms with Crippen LogP contribution in [0, 0.1) is 10.5 Å². The number of hydrogen-bond acceptors (Lipinski definition) is 2. The van der Waals surface area contributed by atoms with Crippen LogP contribution in [0.4, 0.5) is 5.69 Å². The van der Waals surface area contributed by atoms with Crippen LogP contribution in [0.25, 0.3) is 11.0 Å². The number of furan rings is 1. The summed E-state index contributed by atoms with van der Waals surface area (Å²) in [5.74, 6) is -0.00292. The molecule has 1 aromatic heterocycles. The molecular formula is C16H11ClINO2. The molecule has 0 atom stereocenters. The van der Waals surface area contributed by atoms with Crippen molar-refractivity contribution in [2.45, 2.75) is 6.92 Å². The first-order chi connectivity index (χ1) is 10.0. The van der Waals surface area contributed by atoms with Crippen LogP contribution >= 0.6 is 34.2 Å². The SMILES string of the molecule is Cc1cc(I)ccc1NC(=O)c1cc2cc(Cl)ccc2o1. The normalized spacial score (nSPS) is 10.8. The fraction of sp³-hybridized carbons (Fsp3) is 0.0625. The Kier molecular flexibility index (Phi) is 3.91. The van der Waals surface area contributed by atoms with Crippen molar-refractivity contribution in [3.63, 3.8) is 0 Å².